The average Bonchev–Trinajstić information content (AvgIpc) is 2.19. The molecule has 96 valence electrons. The Kier molecular flexibility index (Phi) is 3.15. The first-order valence-electron chi connectivity index (χ1n) is 4.14. The molecule has 0 saturated heterocycles. The molecule has 0 aliphatic heterocycles. The van der Waals surface area contributed by atoms with Crippen LogP contribution in [0.1, 0.15) is 0 Å². The van der Waals surface area contributed by atoms with Gasteiger partial charge in [-0.05, 0) is 12.1 Å². The van der Waals surface area contributed by atoms with Crippen molar-refractivity contribution in [2.75, 3.05) is 11.4 Å². The lowest BCUT2D eigenvalue weighted by molar-refractivity contribution is -0.0437. The van der Waals surface area contributed by atoms with Gasteiger partial charge >= 0.3 is 15.5 Å². The van der Waals surface area contributed by atoms with E-state index in [1.807, 2.05) is 0 Å². The molecule has 0 atom stereocenters. The lowest BCUT2D eigenvalue weighted by atomic mass is 10.3. The highest BCUT2D eigenvalue weighted by Crippen LogP contribution is 2.36. The van der Waals surface area contributed by atoms with Crippen LogP contribution >= 0.6 is 0 Å². The fourth-order valence-electron chi connectivity index (χ4n) is 1.05. The van der Waals surface area contributed by atoms with Gasteiger partial charge in [-0.3, -0.25) is 4.31 Å². The van der Waals surface area contributed by atoms with Gasteiger partial charge in [0.25, 0.3) is 0 Å². The molecule has 5 nitrogen and oxygen atoms in total. The normalized spacial score (nSPS) is 12.5. The number of aromatic hydroxyl groups is 2. The van der Waals surface area contributed by atoms with Gasteiger partial charge in [0.05, 0.1) is 5.69 Å². The third-order valence-electron chi connectivity index (χ3n) is 1.95. The highest BCUT2D eigenvalue weighted by atomic mass is 32.2. The smallest absolute Gasteiger partial charge is 0.508 e. The van der Waals surface area contributed by atoms with Crippen molar-refractivity contribution in [2.24, 2.45) is 0 Å². The van der Waals surface area contributed by atoms with Gasteiger partial charge in [0, 0.05) is 13.1 Å². The van der Waals surface area contributed by atoms with E-state index in [4.69, 9.17) is 5.11 Å². The van der Waals surface area contributed by atoms with Gasteiger partial charge in [-0.15, -0.1) is 0 Å². The molecule has 0 unspecified atom stereocenters. The molecule has 0 spiro atoms. The van der Waals surface area contributed by atoms with Crippen molar-refractivity contribution in [3.05, 3.63) is 18.2 Å². The molecule has 2 N–H and O–H groups in total. The van der Waals surface area contributed by atoms with Crippen molar-refractivity contribution in [2.45, 2.75) is 5.51 Å². The van der Waals surface area contributed by atoms with Crippen molar-refractivity contribution in [3.8, 4) is 11.5 Å². The Morgan fingerprint density at radius 2 is 1.76 bits per heavy atom. The Morgan fingerprint density at radius 1 is 1.24 bits per heavy atom. The van der Waals surface area contributed by atoms with Crippen LogP contribution in [0.2, 0.25) is 0 Å². The topological polar surface area (TPSA) is 77.8 Å². The number of hydrogen-bond donors (Lipinski definition) is 2. The van der Waals surface area contributed by atoms with E-state index < -0.39 is 32.7 Å². The number of alkyl halides is 3. The summed E-state index contributed by atoms with van der Waals surface area (Å²) >= 11 is 0. The maximum absolute atomic E-state index is 12.2. The quantitative estimate of drug-likeness (QED) is 0.797. The minimum atomic E-state index is -5.61. The monoisotopic (exact) mass is 271 g/mol. The standard InChI is InChI=1S/C8H8F3NO4S/c1-12(17(15,16)8(9,10)11)6-4-5(13)2-3-7(6)14/h2-4,13-14H,1H3. The Morgan fingerprint density at radius 3 is 2.24 bits per heavy atom. The Bertz CT molecular complexity index is 526. The van der Waals surface area contributed by atoms with Crippen LogP contribution in [0.15, 0.2) is 18.2 Å². The Hall–Kier alpha value is -1.64. The van der Waals surface area contributed by atoms with Gasteiger partial charge in [-0.1, -0.05) is 0 Å². The Balaban J connectivity index is 3.31. The minimum absolute atomic E-state index is 0.151. The molecule has 9 heteroatoms. The summed E-state index contributed by atoms with van der Waals surface area (Å²) in [7, 11) is -4.98. The van der Waals surface area contributed by atoms with E-state index in [1.165, 1.54) is 0 Å². The summed E-state index contributed by atoms with van der Waals surface area (Å²) in [4.78, 5) is 0. The van der Waals surface area contributed by atoms with Crippen molar-refractivity contribution in [1.29, 1.82) is 0 Å². The first kappa shape index (κ1) is 13.4. The second-order valence-corrected chi connectivity index (χ2v) is 5.05. The number of halogens is 3. The van der Waals surface area contributed by atoms with Gasteiger partial charge in [0.15, 0.2) is 0 Å². The number of phenolic OH excluding ortho intramolecular Hbond substituents is 2. The predicted molar refractivity (Wildman–Crippen MR) is 53.1 cm³/mol. The van der Waals surface area contributed by atoms with Crippen LogP contribution in [0.4, 0.5) is 18.9 Å². The molecule has 0 heterocycles. The van der Waals surface area contributed by atoms with E-state index in [9.17, 15) is 26.7 Å². The SMILES string of the molecule is CN(c1cc(O)ccc1O)S(=O)(=O)C(F)(F)F. The summed E-state index contributed by atoms with van der Waals surface area (Å²) in [6.45, 7) is 0. The molecule has 17 heavy (non-hydrogen) atoms. The van der Waals surface area contributed by atoms with Gasteiger partial charge < -0.3 is 10.2 Å². The molecule has 0 saturated carbocycles. The molecular formula is C8H8F3NO4S. The lowest BCUT2D eigenvalue weighted by Crippen LogP contribution is -2.38. The minimum Gasteiger partial charge on any atom is -0.508 e. The van der Waals surface area contributed by atoms with Gasteiger partial charge in [0.2, 0.25) is 0 Å². The van der Waals surface area contributed by atoms with Crippen LogP contribution in [-0.2, 0) is 10.0 Å². The molecular weight excluding hydrogens is 263 g/mol. The second-order valence-electron chi connectivity index (χ2n) is 3.09. The number of nitrogens with zero attached hydrogens (tertiary/aromatic N) is 1. The van der Waals surface area contributed by atoms with Crippen LogP contribution in [0.25, 0.3) is 0 Å². The highest BCUT2D eigenvalue weighted by Gasteiger charge is 2.49. The number of hydrogen-bond acceptors (Lipinski definition) is 4. The summed E-state index contributed by atoms with van der Waals surface area (Å²) in [6, 6.07) is 2.60. The van der Waals surface area contributed by atoms with Crippen LogP contribution in [0.5, 0.6) is 11.5 Å². The van der Waals surface area contributed by atoms with Crippen LogP contribution in [0, 0.1) is 0 Å². The van der Waals surface area contributed by atoms with E-state index in [2.05, 4.69) is 0 Å². The summed E-state index contributed by atoms with van der Waals surface area (Å²) < 4.78 is 58.6. The number of benzene rings is 1. The van der Waals surface area contributed by atoms with Gasteiger partial charge in [0.1, 0.15) is 11.5 Å². The van der Waals surface area contributed by atoms with Crippen LogP contribution in [0.3, 0.4) is 0 Å². The molecule has 0 aliphatic rings. The molecule has 0 fully saturated rings. The summed E-state index contributed by atoms with van der Waals surface area (Å²) in [5.74, 6) is -1.17. The van der Waals surface area contributed by atoms with Gasteiger partial charge in [-0.25, -0.2) is 0 Å². The second kappa shape index (κ2) is 3.99. The van der Waals surface area contributed by atoms with Gasteiger partial charge in [-0.2, -0.15) is 21.6 Å². The Labute approximate surface area is 94.8 Å². The maximum atomic E-state index is 12.2. The fraction of sp³-hybridized carbons (Fsp3) is 0.250. The fourth-order valence-corrected chi connectivity index (χ4v) is 1.76. The zero-order valence-electron chi connectivity index (χ0n) is 8.43. The average molecular weight is 271 g/mol. The first-order chi connectivity index (χ1) is 7.57. The summed E-state index contributed by atoms with van der Waals surface area (Å²) in [6.07, 6.45) is 0. The van der Waals surface area contributed by atoms with E-state index in [0.717, 1.165) is 12.1 Å². The molecule has 1 rings (SSSR count). The number of rotatable bonds is 2. The van der Waals surface area contributed by atoms with E-state index >= 15 is 0 Å². The van der Waals surface area contributed by atoms with E-state index in [0.29, 0.717) is 13.1 Å². The summed E-state index contributed by atoms with van der Waals surface area (Å²) in [5.41, 5.74) is -6.15. The van der Waals surface area contributed by atoms with Crippen LogP contribution in [-0.4, -0.2) is 31.2 Å². The first-order valence-corrected chi connectivity index (χ1v) is 5.58. The number of phenols is 2. The van der Waals surface area contributed by atoms with Crippen molar-refractivity contribution < 1.29 is 31.8 Å². The number of anilines is 1. The van der Waals surface area contributed by atoms with Crippen molar-refractivity contribution >= 4 is 15.7 Å². The maximum Gasteiger partial charge on any atom is 0.516 e. The third-order valence-corrected chi connectivity index (χ3v) is 3.45. The van der Waals surface area contributed by atoms with E-state index in [1.54, 1.807) is 0 Å². The molecule has 0 aliphatic carbocycles. The van der Waals surface area contributed by atoms with Crippen molar-refractivity contribution in [3.63, 3.8) is 0 Å². The molecule has 0 bridgehead atoms. The molecule has 1 aromatic carbocycles. The third kappa shape index (κ3) is 2.38. The molecule has 0 amide bonds. The highest BCUT2D eigenvalue weighted by molar-refractivity contribution is 7.93. The summed E-state index contributed by atoms with van der Waals surface area (Å²) in [5, 5.41) is 18.3. The molecule has 0 radical (unpaired) electrons. The largest absolute Gasteiger partial charge is 0.516 e. The lowest BCUT2D eigenvalue weighted by Gasteiger charge is -2.21. The molecule has 0 aromatic heterocycles. The predicted octanol–water partition coefficient (Wildman–Crippen LogP) is 1.38. The van der Waals surface area contributed by atoms with E-state index in [-0.39, 0.29) is 4.31 Å². The van der Waals surface area contributed by atoms with Crippen LogP contribution < -0.4 is 4.31 Å². The zero-order chi connectivity index (χ0) is 13.4. The number of sulfonamides is 1. The molecule has 1 aromatic rings. The zero-order valence-corrected chi connectivity index (χ0v) is 9.25. The van der Waals surface area contributed by atoms with Crippen molar-refractivity contribution in [1.82, 2.24) is 0 Å².